The molecule has 0 amide bonds. The van der Waals surface area contributed by atoms with Crippen molar-refractivity contribution < 1.29 is 9.13 Å². The maximum atomic E-state index is 13.6. The van der Waals surface area contributed by atoms with Crippen LogP contribution in [0.2, 0.25) is 0 Å². The molecule has 0 aliphatic heterocycles. The summed E-state index contributed by atoms with van der Waals surface area (Å²) in [7, 11) is 0. The average molecular weight is 299 g/mol. The molecule has 114 valence electrons. The molecule has 1 aromatic heterocycles. The van der Waals surface area contributed by atoms with Crippen molar-refractivity contribution in [2.45, 2.75) is 6.92 Å². The molecule has 0 saturated carbocycles. The summed E-state index contributed by atoms with van der Waals surface area (Å²) >= 11 is 0. The molecule has 0 atom stereocenters. The maximum absolute atomic E-state index is 13.6. The Morgan fingerprint density at radius 1 is 1.18 bits per heavy atom. The van der Waals surface area contributed by atoms with Gasteiger partial charge in [-0.1, -0.05) is 18.2 Å². The molecule has 0 aliphatic rings. The lowest BCUT2D eigenvalue weighted by atomic mass is 10.2. The summed E-state index contributed by atoms with van der Waals surface area (Å²) in [5, 5.41) is 3.26. The van der Waals surface area contributed by atoms with Gasteiger partial charge in [0, 0.05) is 24.9 Å². The van der Waals surface area contributed by atoms with E-state index in [1.165, 1.54) is 12.1 Å². The van der Waals surface area contributed by atoms with Gasteiger partial charge in [0.15, 0.2) is 0 Å². The number of aromatic nitrogens is 2. The van der Waals surface area contributed by atoms with Gasteiger partial charge in [0.05, 0.1) is 17.6 Å². The van der Waals surface area contributed by atoms with Crippen LogP contribution in [0.1, 0.15) is 6.92 Å². The highest BCUT2D eigenvalue weighted by molar-refractivity contribution is 5.81. The zero-order valence-electron chi connectivity index (χ0n) is 12.4. The Morgan fingerprint density at radius 3 is 2.77 bits per heavy atom. The van der Waals surface area contributed by atoms with Crippen LogP contribution in [-0.2, 0) is 4.74 Å². The summed E-state index contributed by atoms with van der Waals surface area (Å²) in [5.41, 5.74) is 2.43. The summed E-state index contributed by atoms with van der Waals surface area (Å²) in [6.07, 6.45) is 0. The Hall–Kier alpha value is -2.40. The molecular formula is C17H18FN3O. The van der Waals surface area contributed by atoms with Crippen molar-refractivity contribution >= 4 is 17.0 Å². The van der Waals surface area contributed by atoms with Crippen molar-refractivity contribution in [2.24, 2.45) is 0 Å². The van der Waals surface area contributed by atoms with Crippen LogP contribution in [0.15, 0.2) is 48.5 Å². The molecule has 4 nitrogen and oxygen atoms in total. The second-order valence-corrected chi connectivity index (χ2v) is 4.86. The van der Waals surface area contributed by atoms with E-state index in [1.807, 2.05) is 41.8 Å². The third-order valence-electron chi connectivity index (χ3n) is 3.36. The minimum atomic E-state index is -0.273. The lowest BCUT2D eigenvalue weighted by Gasteiger charge is -2.10. The summed E-state index contributed by atoms with van der Waals surface area (Å²) in [6.45, 7) is 3.89. The van der Waals surface area contributed by atoms with E-state index in [-0.39, 0.29) is 5.82 Å². The number of nitrogens with one attached hydrogen (secondary N) is 1. The van der Waals surface area contributed by atoms with Crippen molar-refractivity contribution in [3.8, 4) is 5.69 Å². The number of ether oxygens (including phenoxy) is 1. The SMILES string of the molecule is CCOCCNc1nc2ccc(F)cc2n1-c1ccccc1. The van der Waals surface area contributed by atoms with Gasteiger partial charge in [0.2, 0.25) is 5.95 Å². The van der Waals surface area contributed by atoms with Crippen molar-refractivity contribution in [3.63, 3.8) is 0 Å². The minimum absolute atomic E-state index is 0.273. The molecule has 3 rings (SSSR count). The van der Waals surface area contributed by atoms with Crippen molar-refractivity contribution in [1.29, 1.82) is 0 Å². The number of imidazole rings is 1. The van der Waals surface area contributed by atoms with Gasteiger partial charge in [-0.15, -0.1) is 0 Å². The van der Waals surface area contributed by atoms with Crippen LogP contribution in [0.25, 0.3) is 16.7 Å². The fourth-order valence-corrected chi connectivity index (χ4v) is 2.38. The summed E-state index contributed by atoms with van der Waals surface area (Å²) < 4.78 is 20.9. The number of para-hydroxylation sites is 1. The van der Waals surface area contributed by atoms with Crippen LogP contribution >= 0.6 is 0 Å². The third-order valence-corrected chi connectivity index (χ3v) is 3.36. The highest BCUT2D eigenvalue weighted by Crippen LogP contribution is 2.25. The highest BCUT2D eigenvalue weighted by Gasteiger charge is 2.12. The third kappa shape index (κ3) is 2.94. The molecular weight excluding hydrogens is 281 g/mol. The molecule has 0 unspecified atom stereocenters. The number of rotatable bonds is 6. The molecule has 3 aromatic rings. The first-order chi connectivity index (χ1) is 10.8. The molecule has 2 aromatic carbocycles. The zero-order valence-corrected chi connectivity index (χ0v) is 12.4. The second-order valence-electron chi connectivity index (χ2n) is 4.86. The van der Waals surface area contributed by atoms with E-state index in [9.17, 15) is 4.39 Å². The number of fused-ring (bicyclic) bond motifs is 1. The molecule has 0 radical (unpaired) electrons. The van der Waals surface area contributed by atoms with Gasteiger partial charge in [-0.25, -0.2) is 9.37 Å². The number of nitrogens with zero attached hydrogens (tertiary/aromatic N) is 2. The molecule has 0 fully saturated rings. The fourth-order valence-electron chi connectivity index (χ4n) is 2.38. The Labute approximate surface area is 128 Å². The summed E-state index contributed by atoms with van der Waals surface area (Å²) in [4.78, 5) is 4.56. The van der Waals surface area contributed by atoms with Gasteiger partial charge in [-0.2, -0.15) is 0 Å². The molecule has 0 aliphatic carbocycles. The van der Waals surface area contributed by atoms with E-state index in [0.29, 0.717) is 25.7 Å². The van der Waals surface area contributed by atoms with Gasteiger partial charge in [0.25, 0.3) is 0 Å². The highest BCUT2D eigenvalue weighted by atomic mass is 19.1. The van der Waals surface area contributed by atoms with Crippen LogP contribution in [0, 0.1) is 5.82 Å². The molecule has 0 spiro atoms. The predicted octanol–water partition coefficient (Wildman–Crippen LogP) is 3.61. The summed E-state index contributed by atoms with van der Waals surface area (Å²) in [5.74, 6) is 0.414. The number of benzene rings is 2. The Kier molecular flexibility index (Phi) is 4.34. The van der Waals surface area contributed by atoms with Crippen LogP contribution in [0.5, 0.6) is 0 Å². The quantitative estimate of drug-likeness (QED) is 0.707. The molecule has 22 heavy (non-hydrogen) atoms. The number of anilines is 1. The van der Waals surface area contributed by atoms with E-state index in [2.05, 4.69) is 10.3 Å². The molecule has 1 N–H and O–H groups in total. The number of hydrogen-bond acceptors (Lipinski definition) is 3. The second kappa shape index (κ2) is 6.58. The van der Waals surface area contributed by atoms with Crippen LogP contribution in [-0.4, -0.2) is 29.3 Å². The van der Waals surface area contributed by atoms with E-state index in [4.69, 9.17) is 4.74 Å². The monoisotopic (exact) mass is 299 g/mol. The molecule has 5 heteroatoms. The summed E-state index contributed by atoms with van der Waals surface area (Å²) in [6, 6.07) is 14.4. The average Bonchev–Trinajstić information content (AvgIpc) is 2.90. The molecule has 1 heterocycles. The first kappa shape index (κ1) is 14.5. The predicted molar refractivity (Wildman–Crippen MR) is 86.0 cm³/mol. The van der Waals surface area contributed by atoms with Crippen molar-refractivity contribution in [2.75, 3.05) is 25.1 Å². The first-order valence-corrected chi connectivity index (χ1v) is 7.34. The number of hydrogen-bond donors (Lipinski definition) is 1. The molecule has 0 saturated heterocycles. The van der Waals surface area contributed by atoms with Crippen LogP contribution in [0.4, 0.5) is 10.3 Å². The first-order valence-electron chi connectivity index (χ1n) is 7.34. The van der Waals surface area contributed by atoms with Gasteiger partial charge in [0.1, 0.15) is 5.82 Å². The van der Waals surface area contributed by atoms with Gasteiger partial charge >= 0.3 is 0 Å². The zero-order chi connectivity index (χ0) is 15.4. The fraction of sp³-hybridized carbons (Fsp3) is 0.235. The lowest BCUT2D eigenvalue weighted by Crippen LogP contribution is -2.12. The Morgan fingerprint density at radius 2 is 2.00 bits per heavy atom. The van der Waals surface area contributed by atoms with Gasteiger partial charge in [-0.05, 0) is 31.2 Å². The number of halogens is 1. The van der Waals surface area contributed by atoms with E-state index < -0.39 is 0 Å². The normalized spacial score (nSPS) is 11.0. The molecule has 0 bridgehead atoms. The minimum Gasteiger partial charge on any atom is -0.380 e. The van der Waals surface area contributed by atoms with Crippen molar-refractivity contribution in [3.05, 3.63) is 54.3 Å². The Balaban J connectivity index is 2.02. The largest absolute Gasteiger partial charge is 0.380 e. The topological polar surface area (TPSA) is 39.1 Å². The lowest BCUT2D eigenvalue weighted by molar-refractivity contribution is 0.158. The maximum Gasteiger partial charge on any atom is 0.208 e. The van der Waals surface area contributed by atoms with E-state index in [1.54, 1.807) is 6.07 Å². The van der Waals surface area contributed by atoms with Crippen LogP contribution < -0.4 is 5.32 Å². The van der Waals surface area contributed by atoms with Crippen molar-refractivity contribution in [1.82, 2.24) is 9.55 Å². The standard InChI is InChI=1S/C17H18FN3O/c1-2-22-11-10-19-17-20-15-9-8-13(18)12-16(15)21(17)14-6-4-3-5-7-14/h3-9,12H,2,10-11H2,1H3,(H,19,20). The van der Waals surface area contributed by atoms with Gasteiger partial charge in [-0.3, -0.25) is 4.57 Å². The van der Waals surface area contributed by atoms with Gasteiger partial charge < -0.3 is 10.1 Å². The van der Waals surface area contributed by atoms with E-state index >= 15 is 0 Å². The Bertz CT molecular complexity index is 755. The smallest absolute Gasteiger partial charge is 0.208 e. The van der Waals surface area contributed by atoms with Crippen LogP contribution in [0.3, 0.4) is 0 Å². The van der Waals surface area contributed by atoms with E-state index in [0.717, 1.165) is 16.7 Å².